The van der Waals surface area contributed by atoms with Gasteiger partial charge in [0.15, 0.2) is 5.84 Å². The molecular weight excluding hydrogens is 233 g/mol. The summed E-state index contributed by atoms with van der Waals surface area (Å²) in [5, 5.41) is 14.6. The molecule has 4 N–H and O–H groups in total. The summed E-state index contributed by atoms with van der Waals surface area (Å²) in [7, 11) is 0. The normalized spacial score (nSPS) is 15.9. The minimum absolute atomic E-state index is 0.138. The predicted octanol–water partition coefficient (Wildman–Crippen LogP) is 1.81. The van der Waals surface area contributed by atoms with Gasteiger partial charge >= 0.3 is 0 Å². The van der Waals surface area contributed by atoms with Crippen molar-refractivity contribution in [1.82, 2.24) is 5.32 Å². The van der Waals surface area contributed by atoms with Gasteiger partial charge in [-0.05, 0) is 24.9 Å². The standard InChI is InChI=1S/C13H18FN3O/c14-12-10(8-16-7-6-9-4-5-9)2-1-3-11(12)13(15)17-18/h1-3,9,16,18H,4-8H2,(H2,15,17). The van der Waals surface area contributed by atoms with E-state index >= 15 is 0 Å². The van der Waals surface area contributed by atoms with Crippen LogP contribution in [0.5, 0.6) is 0 Å². The van der Waals surface area contributed by atoms with Gasteiger partial charge in [0, 0.05) is 12.1 Å². The number of nitrogens with one attached hydrogen (secondary N) is 1. The quantitative estimate of drug-likeness (QED) is 0.237. The Labute approximate surface area is 106 Å². The number of amidine groups is 1. The van der Waals surface area contributed by atoms with Crippen LogP contribution in [-0.4, -0.2) is 17.6 Å². The van der Waals surface area contributed by atoms with Crippen LogP contribution < -0.4 is 11.1 Å². The summed E-state index contributed by atoms with van der Waals surface area (Å²) in [4.78, 5) is 0. The molecule has 0 aliphatic heterocycles. The number of hydrogen-bond acceptors (Lipinski definition) is 3. The van der Waals surface area contributed by atoms with Crippen molar-refractivity contribution in [2.24, 2.45) is 16.8 Å². The number of oxime groups is 1. The highest BCUT2D eigenvalue weighted by molar-refractivity contribution is 5.97. The van der Waals surface area contributed by atoms with E-state index in [9.17, 15) is 4.39 Å². The number of benzene rings is 1. The molecule has 98 valence electrons. The van der Waals surface area contributed by atoms with Crippen LogP contribution in [0.25, 0.3) is 0 Å². The van der Waals surface area contributed by atoms with Gasteiger partial charge < -0.3 is 16.3 Å². The number of nitrogens with two attached hydrogens (primary N) is 1. The highest BCUT2D eigenvalue weighted by Crippen LogP contribution is 2.31. The van der Waals surface area contributed by atoms with Crippen molar-refractivity contribution in [2.75, 3.05) is 6.54 Å². The molecule has 1 saturated carbocycles. The van der Waals surface area contributed by atoms with Crippen LogP contribution >= 0.6 is 0 Å². The molecule has 5 heteroatoms. The fourth-order valence-electron chi connectivity index (χ4n) is 1.90. The third kappa shape index (κ3) is 3.20. The Kier molecular flexibility index (Phi) is 4.15. The Morgan fingerprint density at radius 1 is 1.50 bits per heavy atom. The van der Waals surface area contributed by atoms with Gasteiger partial charge in [-0.2, -0.15) is 0 Å². The van der Waals surface area contributed by atoms with Crippen molar-refractivity contribution in [3.8, 4) is 0 Å². The lowest BCUT2D eigenvalue weighted by molar-refractivity contribution is 0.318. The molecule has 1 aromatic carbocycles. The zero-order valence-electron chi connectivity index (χ0n) is 10.2. The summed E-state index contributed by atoms with van der Waals surface area (Å²) in [6.45, 7) is 1.36. The number of halogens is 1. The Hall–Kier alpha value is -1.62. The number of nitrogens with zero attached hydrogens (tertiary/aromatic N) is 1. The van der Waals surface area contributed by atoms with E-state index in [-0.39, 0.29) is 11.4 Å². The van der Waals surface area contributed by atoms with Crippen LogP contribution in [0.2, 0.25) is 0 Å². The third-order valence-corrected chi connectivity index (χ3v) is 3.20. The summed E-state index contributed by atoms with van der Waals surface area (Å²) in [5.74, 6) is 0.241. The fourth-order valence-corrected chi connectivity index (χ4v) is 1.90. The zero-order chi connectivity index (χ0) is 13.0. The molecule has 0 bridgehead atoms. The summed E-state index contributed by atoms with van der Waals surface area (Å²) in [5.41, 5.74) is 6.08. The van der Waals surface area contributed by atoms with Gasteiger partial charge in [-0.25, -0.2) is 4.39 Å². The van der Waals surface area contributed by atoms with Crippen molar-refractivity contribution in [2.45, 2.75) is 25.8 Å². The predicted molar refractivity (Wildman–Crippen MR) is 68.0 cm³/mol. The molecule has 0 radical (unpaired) electrons. The summed E-state index contributed by atoms with van der Waals surface area (Å²) in [6.07, 6.45) is 3.81. The first-order valence-electron chi connectivity index (χ1n) is 6.18. The average molecular weight is 251 g/mol. The van der Waals surface area contributed by atoms with Gasteiger partial charge in [0.1, 0.15) is 5.82 Å². The lowest BCUT2D eigenvalue weighted by Gasteiger charge is -2.08. The summed E-state index contributed by atoms with van der Waals surface area (Å²) < 4.78 is 14.0. The molecule has 1 aromatic rings. The van der Waals surface area contributed by atoms with Gasteiger partial charge in [-0.3, -0.25) is 0 Å². The maximum Gasteiger partial charge on any atom is 0.173 e. The van der Waals surface area contributed by atoms with Crippen LogP contribution in [0.15, 0.2) is 23.4 Å². The lowest BCUT2D eigenvalue weighted by atomic mass is 10.1. The monoisotopic (exact) mass is 251 g/mol. The SMILES string of the molecule is N/C(=N/O)c1cccc(CNCCC2CC2)c1F. The number of hydrogen-bond donors (Lipinski definition) is 3. The minimum Gasteiger partial charge on any atom is -0.409 e. The maximum absolute atomic E-state index is 14.0. The molecule has 4 nitrogen and oxygen atoms in total. The first kappa shape index (κ1) is 12.8. The van der Waals surface area contributed by atoms with Crippen LogP contribution in [0, 0.1) is 11.7 Å². The highest BCUT2D eigenvalue weighted by atomic mass is 19.1. The lowest BCUT2D eigenvalue weighted by Crippen LogP contribution is -2.19. The van der Waals surface area contributed by atoms with Gasteiger partial charge in [0.25, 0.3) is 0 Å². The Bertz CT molecular complexity index is 444. The molecule has 0 heterocycles. The molecule has 0 spiro atoms. The molecule has 0 aromatic heterocycles. The second-order valence-electron chi connectivity index (χ2n) is 4.67. The van der Waals surface area contributed by atoms with Crippen LogP contribution in [-0.2, 0) is 6.54 Å². The van der Waals surface area contributed by atoms with Crippen molar-refractivity contribution in [1.29, 1.82) is 0 Å². The molecule has 0 saturated heterocycles. The van der Waals surface area contributed by atoms with E-state index in [0.717, 1.165) is 18.9 Å². The Morgan fingerprint density at radius 3 is 2.94 bits per heavy atom. The smallest absolute Gasteiger partial charge is 0.173 e. The molecule has 0 unspecified atom stereocenters. The molecular formula is C13H18FN3O. The largest absolute Gasteiger partial charge is 0.409 e. The van der Waals surface area contributed by atoms with E-state index in [1.165, 1.54) is 18.9 Å². The molecule has 1 aliphatic carbocycles. The third-order valence-electron chi connectivity index (χ3n) is 3.20. The molecule has 0 amide bonds. The van der Waals surface area contributed by atoms with Gasteiger partial charge in [0.05, 0.1) is 5.56 Å². The highest BCUT2D eigenvalue weighted by Gasteiger charge is 2.20. The minimum atomic E-state index is -0.424. The van der Waals surface area contributed by atoms with Crippen molar-refractivity contribution in [3.05, 3.63) is 35.1 Å². The number of rotatable bonds is 6. The molecule has 1 aliphatic rings. The first-order valence-corrected chi connectivity index (χ1v) is 6.18. The second-order valence-corrected chi connectivity index (χ2v) is 4.67. The van der Waals surface area contributed by atoms with E-state index in [1.807, 2.05) is 0 Å². The zero-order valence-corrected chi connectivity index (χ0v) is 10.2. The molecule has 0 atom stereocenters. The van der Waals surface area contributed by atoms with Crippen LogP contribution in [0.1, 0.15) is 30.4 Å². The van der Waals surface area contributed by atoms with Gasteiger partial charge in [-0.1, -0.05) is 30.1 Å². The van der Waals surface area contributed by atoms with E-state index in [1.54, 1.807) is 12.1 Å². The topological polar surface area (TPSA) is 70.6 Å². The molecule has 1 fully saturated rings. The molecule has 18 heavy (non-hydrogen) atoms. The van der Waals surface area contributed by atoms with Crippen LogP contribution in [0.3, 0.4) is 0 Å². The van der Waals surface area contributed by atoms with Gasteiger partial charge in [0.2, 0.25) is 0 Å². The summed E-state index contributed by atoms with van der Waals surface area (Å²) in [6, 6.07) is 4.90. The fraction of sp³-hybridized carbons (Fsp3) is 0.462. The first-order chi connectivity index (χ1) is 8.72. The van der Waals surface area contributed by atoms with E-state index in [0.29, 0.717) is 12.1 Å². The Balaban J connectivity index is 1.94. The van der Waals surface area contributed by atoms with Crippen molar-refractivity contribution >= 4 is 5.84 Å². The Morgan fingerprint density at radius 2 is 2.28 bits per heavy atom. The van der Waals surface area contributed by atoms with E-state index in [4.69, 9.17) is 10.9 Å². The van der Waals surface area contributed by atoms with Crippen molar-refractivity contribution in [3.63, 3.8) is 0 Å². The van der Waals surface area contributed by atoms with Gasteiger partial charge in [-0.15, -0.1) is 0 Å². The average Bonchev–Trinajstić information content (AvgIpc) is 3.19. The summed E-state index contributed by atoms with van der Waals surface area (Å²) >= 11 is 0. The molecule has 2 rings (SSSR count). The van der Waals surface area contributed by atoms with Crippen LogP contribution in [0.4, 0.5) is 4.39 Å². The maximum atomic E-state index is 14.0. The van der Waals surface area contributed by atoms with Crippen molar-refractivity contribution < 1.29 is 9.60 Å². The van der Waals surface area contributed by atoms with E-state index < -0.39 is 5.82 Å². The second kappa shape index (κ2) is 5.82. The van der Waals surface area contributed by atoms with E-state index in [2.05, 4.69) is 10.5 Å².